The van der Waals surface area contributed by atoms with Gasteiger partial charge in [0.1, 0.15) is 0 Å². The van der Waals surface area contributed by atoms with Crippen LogP contribution in [-0.2, 0) is 4.79 Å². The Morgan fingerprint density at radius 3 is 1.82 bits per heavy atom. The highest BCUT2D eigenvalue weighted by molar-refractivity contribution is 5.82. The van der Waals surface area contributed by atoms with Crippen molar-refractivity contribution in [3.8, 4) is 0 Å². The number of unbranched alkanes of at least 4 members (excludes halogenated alkanes) is 9. The summed E-state index contributed by atoms with van der Waals surface area (Å²) in [5.74, 6) is -0.162. The summed E-state index contributed by atoms with van der Waals surface area (Å²) in [5, 5.41) is 11.0. The molecule has 22 heavy (non-hydrogen) atoms. The lowest BCUT2D eigenvalue weighted by Gasteiger charge is -2.08. The van der Waals surface area contributed by atoms with Gasteiger partial charge in [0.2, 0.25) is 5.78 Å². The summed E-state index contributed by atoms with van der Waals surface area (Å²) in [4.78, 5) is 22.6. The van der Waals surface area contributed by atoms with E-state index >= 15 is 0 Å². The van der Waals surface area contributed by atoms with Crippen molar-refractivity contribution in [2.75, 3.05) is 0 Å². The van der Waals surface area contributed by atoms with Crippen LogP contribution in [0.4, 0.5) is 0 Å². The van der Waals surface area contributed by atoms with Crippen molar-refractivity contribution in [2.45, 2.75) is 103 Å². The van der Waals surface area contributed by atoms with E-state index in [-0.39, 0.29) is 16.9 Å². The van der Waals surface area contributed by atoms with E-state index < -0.39 is 6.04 Å². The van der Waals surface area contributed by atoms with Crippen LogP contribution in [0.25, 0.3) is 0 Å². The molecule has 0 aromatic carbocycles. The zero-order valence-electron chi connectivity index (χ0n) is 14.9. The smallest absolute Gasteiger partial charge is 0.270 e. The van der Waals surface area contributed by atoms with E-state index in [0.717, 1.165) is 44.9 Å². The molecule has 4 N–H and O–H groups in total. The van der Waals surface area contributed by atoms with E-state index in [4.69, 9.17) is 0 Å². The quantitative estimate of drug-likeness (QED) is 0.239. The normalized spacial score (nSPS) is 11.7. The maximum Gasteiger partial charge on any atom is 0.270 e. The number of quaternary nitrogens is 1. The topological polar surface area (TPSA) is 96.7 Å². The minimum Gasteiger partial charge on any atom is -0.369 e. The average Bonchev–Trinajstić information content (AvgIpc) is 2.45. The van der Waals surface area contributed by atoms with Crippen molar-refractivity contribution in [3.05, 3.63) is 10.1 Å². The second-order valence-corrected chi connectivity index (χ2v) is 5.99. The van der Waals surface area contributed by atoms with Crippen molar-refractivity contribution >= 4 is 5.78 Å². The number of Topliss-reactive ketones (excluding diaryl/α,β-unsaturated/α-hetero) is 1. The third-order valence-electron chi connectivity index (χ3n) is 3.98. The van der Waals surface area contributed by atoms with Gasteiger partial charge in [-0.2, -0.15) is 0 Å². The lowest BCUT2D eigenvalue weighted by Crippen LogP contribution is -2.29. The molecule has 5 nitrogen and oxygen atoms in total. The Labute approximate surface area is 136 Å². The largest absolute Gasteiger partial charge is 0.369 e. The van der Waals surface area contributed by atoms with Gasteiger partial charge < -0.3 is 6.15 Å². The molecule has 0 aliphatic heterocycles. The summed E-state index contributed by atoms with van der Waals surface area (Å²) >= 11 is 0. The SMILES string of the molecule is CCCCCCCCCC(=O)C(CCCCCC)[N+](=O)[O-].[NH4+]. The number of hydrogen-bond donors (Lipinski definition) is 1. The van der Waals surface area contributed by atoms with Gasteiger partial charge in [0.25, 0.3) is 6.04 Å². The van der Waals surface area contributed by atoms with Crippen LogP contribution in [-0.4, -0.2) is 16.7 Å². The lowest BCUT2D eigenvalue weighted by molar-refractivity contribution is -0.508. The molecule has 0 heterocycles. The first-order chi connectivity index (χ1) is 10.1. The molecular formula is C17H37N2O3+. The molecule has 0 aromatic heterocycles. The van der Waals surface area contributed by atoms with Crippen molar-refractivity contribution < 1.29 is 9.72 Å². The molecule has 0 spiro atoms. The maximum atomic E-state index is 11.9. The number of carbonyl (C=O) groups is 1. The number of carbonyl (C=O) groups excluding carboxylic acids is 1. The molecule has 0 saturated heterocycles. The van der Waals surface area contributed by atoms with E-state index in [9.17, 15) is 14.9 Å². The molecule has 1 atom stereocenters. The minimum absolute atomic E-state index is 0. The van der Waals surface area contributed by atoms with Gasteiger partial charge in [0.15, 0.2) is 0 Å². The summed E-state index contributed by atoms with van der Waals surface area (Å²) in [6.07, 6.45) is 12.8. The molecule has 0 fully saturated rings. The van der Waals surface area contributed by atoms with Crippen LogP contribution in [0.3, 0.4) is 0 Å². The van der Waals surface area contributed by atoms with Gasteiger partial charge in [-0.3, -0.25) is 14.9 Å². The molecule has 0 radical (unpaired) electrons. The van der Waals surface area contributed by atoms with E-state index in [1.165, 1.54) is 25.7 Å². The van der Waals surface area contributed by atoms with Gasteiger partial charge in [-0.1, -0.05) is 71.6 Å². The fourth-order valence-corrected chi connectivity index (χ4v) is 2.57. The van der Waals surface area contributed by atoms with Gasteiger partial charge in [-0.05, 0) is 12.8 Å². The molecule has 0 aromatic rings. The monoisotopic (exact) mass is 317 g/mol. The number of nitrogens with zero attached hydrogens (tertiary/aromatic N) is 1. The summed E-state index contributed by atoms with van der Waals surface area (Å²) in [7, 11) is 0. The van der Waals surface area contributed by atoms with Crippen LogP contribution in [0.1, 0.15) is 97.3 Å². The minimum atomic E-state index is -0.957. The van der Waals surface area contributed by atoms with Crippen LogP contribution in [0.2, 0.25) is 0 Å². The van der Waals surface area contributed by atoms with Crippen molar-refractivity contribution in [3.63, 3.8) is 0 Å². The maximum absolute atomic E-state index is 11.9. The molecule has 0 amide bonds. The van der Waals surface area contributed by atoms with Gasteiger partial charge >= 0.3 is 0 Å². The first kappa shape index (κ1) is 23.3. The van der Waals surface area contributed by atoms with Crippen LogP contribution in [0.5, 0.6) is 0 Å². The highest BCUT2D eigenvalue weighted by Gasteiger charge is 2.27. The number of nitro groups is 1. The number of ketones is 1. The predicted molar refractivity (Wildman–Crippen MR) is 93.1 cm³/mol. The second kappa shape index (κ2) is 16.4. The summed E-state index contributed by atoms with van der Waals surface area (Å²) < 4.78 is 0. The van der Waals surface area contributed by atoms with E-state index in [0.29, 0.717) is 12.8 Å². The van der Waals surface area contributed by atoms with Crippen LogP contribution in [0, 0.1) is 10.1 Å². The fourth-order valence-electron chi connectivity index (χ4n) is 2.57. The predicted octanol–water partition coefficient (Wildman–Crippen LogP) is 5.69. The first-order valence-corrected chi connectivity index (χ1v) is 8.79. The van der Waals surface area contributed by atoms with Crippen molar-refractivity contribution in [1.29, 1.82) is 0 Å². The molecule has 0 bridgehead atoms. The summed E-state index contributed by atoms with van der Waals surface area (Å²) in [6.45, 7) is 4.30. The fraction of sp³-hybridized carbons (Fsp3) is 0.941. The first-order valence-electron chi connectivity index (χ1n) is 8.79. The third kappa shape index (κ3) is 12.7. The molecule has 0 aliphatic carbocycles. The third-order valence-corrected chi connectivity index (χ3v) is 3.98. The highest BCUT2D eigenvalue weighted by atomic mass is 16.6. The molecule has 5 heteroatoms. The van der Waals surface area contributed by atoms with Crippen molar-refractivity contribution in [1.82, 2.24) is 6.15 Å². The van der Waals surface area contributed by atoms with Gasteiger partial charge in [-0.25, -0.2) is 0 Å². The Bertz CT molecular complexity index is 283. The van der Waals surface area contributed by atoms with Crippen LogP contribution >= 0.6 is 0 Å². The van der Waals surface area contributed by atoms with Gasteiger partial charge in [0, 0.05) is 17.8 Å². The molecule has 132 valence electrons. The molecule has 0 saturated carbocycles. The highest BCUT2D eigenvalue weighted by Crippen LogP contribution is 2.13. The summed E-state index contributed by atoms with van der Waals surface area (Å²) in [6, 6.07) is -0.957. The Morgan fingerprint density at radius 1 is 0.864 bits per heavy atom. The number of rotatable bonds is 15. The average molecular weight is 317 g/mol. The second-order valence-electron chi connectivity index (χ2n) is 5.99. The van der Waals surface area contributed by atoms with Gasteiger partial charge in [0.05, 0.1) is 0 Å². The van der Waals surface area contributed by atoms with E-state index in [1.807, 2.05) is 0 Å². The van der Waals surface area contributed by atoms with Crippen LogP contribution in [0.15, 0.2) is 0 Å². The van der Waals surface area contributed by atoms with E-state index in [2.05, 4.69) is 13.8 Å². The molecule has 0 rings (SSSR count). The number of hydrogen-bond acceptors (Lipinski definition) is 3. The summed E-state index contributed by atoms with van der Waals surface area (Å²) in [5.41, 5.74) is 0. The molecular weight excluding hydrogens is 280 g/mol. The zero-order valence-corrected chi connectivity index (χ0v) is 14.9. The van der Waals surface area contributed by atoms with Crippen LogP contribution < -0.4 is 6.15 Å². The Kier molecular flexibility index (Phi) is 17.4. The molecule has 1 unspecified atom stereocenters. The zero-order chi connectivity index (χ0) is 15.9. The Morgan fingerprint density at radius 2 is 1.32 bits per heavy atom. The molecule has 0 aliphatic rings. The Balaban J connectivity index is 0. The Hall–Kier alpha value is -0.970. The van der Waals surface area contributed by atoms with Gasteiger partial charge in [-0.15, -0.1) is 0 Å². The van der Waals surface area contributed by atoms with E-state index in [1.54, 1.807) is 0 Å². The standard InChI is InChI=1S/C17H33NO3.H3N/c1-3-5-7-9-10-11-13-15-17(19)16(18(20)21)14-12-8-6-4-2;/h16H,3-15H2,1-2H3;1H3/p+1. The van der Waals surface area contributed by atoms with Crippen molar-refractivity contribution in [2.24, 2.45) is 0 Å². The lowest BCUT2D eigenvalue weighted by atomic mass is 9.99.